The first-order valence-corrected chi connectivity index (χ1v) is 8.56. The van der Waals surface area contributed by atoms with Gasteiger partial charge in [-0.2, -0.15) is 4.98 Å². The lowest BCUT2D eigenvalue weighted by molar-refractivity contribution is 0.457. The first-order valence-electron chi connectivity index (χ1n) is 7.37. The third-order valence-electron chi connectivity index (χ3n) is 3.65. The quantitative estimate of drug-likeness (QED) is 0.626. The topological polar surface area (TPSA) is 57.5 Å². The van der Waals surface area contributed by atoms with E-state index in [2.05, 4.69) is 15.3 Å². The summed E-state index contributed by atoms with van der Waals surface area (Å²) in [6, 6.07) is 12.1. The predicted octanol–water partition coefficient (Wildman–Crippen LogP) is 5.64. The van der Waals surface area contributed by atoms with Crippen LogP contribution in [0.3, 0.4) is 0 Å². The molecule has 25 heavy (non-hydrogen) atoms. The second-order valence-electron chi connectivity index (χ2n) is 5.34. The number of nitrogens with zero attached hydrogens (tertiary/aromatic N) is 2. The van der Waals surface area contributed by atoms with E-state index in [-0.39, 0.29) is 10.9 Å². The molecule has 2 N–H and O–H groups in total. The number of allylic oxidation sites excluding steroid dienone is 1. The number of thiazole rings is 1. The molecule has 0 spiro atoms. The van der Waals surface area contributed by atoms with Crippen LogP contribution in [0.2, 0.25) is 5.02 Å². The minimum absolute atomic E-state index is 0.0203. The van der Waals surface area contributed by atoms with E-state index >= 15 is 0 Å². The van der Waals surface area contributed by atoms with Crippen molar-refractivity contribution in [2.75, 3.05) is 5.32 Å². The van der Waals surface area contributed by atoms with Gasteiger partial charge in [0.2, 0.25) is 5.88 Å². The van der Waals surface area contributed by atoms with Crippen molar-refractivity contribution in [3.63, 3.8) is 0 Å². The fourth-order valence-electron chi connectivity index (χ4n) is 2.46. The summed E-state index contributed by atoms with van der Waals surface area (Å²) in [4.78, 5) is 9.04. The summed E-state index contributed by atoms with van der Waals surface area (Å²) in [6.07, 6.45) is 3.60. The van der Waals surface area contributed by atoms with E-state index < -0.39 is 5.82 Å². The number of hydrogen-bond acceptors (Lipinski definition) is 5. The summed E-state index contributed by atoms with van der Waals surface area (Å²) in [5.74, 6) is -0.565. The third kappa shape index (κ3) is 3.14. The van der Waals surface area contributed by atoms with Gasteiger partial charge in [-0.3, -0.25) is 4.99 Å². The Morgan fingerprint density at radius 3 is 2.88 bits per heavy atom. The fourth-order valence-corrected chi connectivity index (χ4v) is 3.48. The van der Waals surface area contributed by atoms with Gasteiger partial charge in [-0.25, -0.2) is 4.39 Å². The molecule has 0 amide bonds. The monoisotopic (exact) mass is 371 g/mol. The molecule has 0 bridgehead atoms. The molecule has 124 valence electrons. The van der Waals surface area contributed by atoms with Crippen molar-refractivity contribution in [2.24, 2.45) is 4.99 Å². The van der Waals surface area contributed by atoms with E-state index in [1.165, 1.54) is 23.5 Å². The van der Waals surface area contributed by atoms with Gasteiger partial charge >= 0.3 is 0 Å². The van der Waals surface area contributed by atoms with Crippen LogP contribution in [0.5, 0.6) is 5.88 Å². The molecular formula is C18H11ClFN3OS. The highest BCUT2D eigenvalue weighted by Crippen LogP contribution is 2.37. The maximum Gasteiger partial charge on any atom is 0.231 e. The van der Waals surface area contributed by atoms with Crippen LogP contribution in [0, 0.1) is 5.82 Å². The number of aromatic nitrogens is 1. The SMILES string of the molecule is Oc1nc(Nc2ccc(F)c(Cl)c2)sc1/C=C1\C=Nc2ccccc21. The van der Waals surface area contributed by atoms with Gasteiger partial charge in [0, 0.05) is 23.0 Å². The van der Waals surface area contributed by atoms with Crippen LogP contribution in [0.1, 0.15) is 10.4 Å². The van der Waals surface area contributed by atoms with Crippen molar-refractivity contribution in [3.8, 4) is 5.88 Å². The van der Waals surface area contributed by atoms with Gasteiger partial charge in [0.25, 0.3) is 0 Å². The van der Waals surface area contributed by atoms with E-state index in [0.717, 1.165) is 16.8 Å². The van der Waals surface area contributed by atoms with Crippen LogP contribution in [0.25, 0.3) is 11.6 Å². The second kappa shape index (κ2) is 6.31. The molecule has 0 saturated carbocycles. The lowest BCUT2D eigenvalue weighted by atomic mass is 10.1. The smallest absolute Gasteiger partial charge is 0.231 e. The molecule has 1 aliphatic rings. The number of para-hydroxylation sites is 1. The summed E-state index contributed by atoms with van der Waals surface area (Å²) in [5.41, 5.74) is 3.41. The summed E-state index contributed by atoms with van der Waals surface area (Å²) >= 11 is 7.05. The molecule has 2 heterocycles. The number of fused-ring (bicyclic) bond motifs is 1. The van der Waals surface area contributed by atoms with Crippen LogP contribution in [-0.2, 0) is 0 Å². The maximum atomic E-state index is 13.2. The lowest BCUT2D eigenvalue weighted by Gasteiger charge is -2.02. The van der Waals surface area contributed by atoms with E-state index in [0.29, 0.717) is 15.7 Å². The minimum Gasteiger partial charge on any atom is -0.492 e. The summed E-state index contributed by atoms with van der Waals surface area (Å²) in [7, 11) is 0. The van der Waals surface area contributed by atoms with Crippen molar-refractivity contribution in [2.45, 2.75) is 0 Å². The molecule has 0 saturated heterocycles. The third-order valence-corrected chi connectivity index (χ3v) is 4.85. The van der Waals surface area contributed by atoms with Gasteiger partial charge < -0.3 is 10.4 Å². The first-order chi connectivity index (χ1) is 12.1. The molecule has 0 radical (unpaired) electrons. The highest BCUT2D eigenvalue weighted by molar-refractivity contribution is 7.16. The molecule has 1 aliphatic heterocycles. The average molecular weight is 372 g/mol. The summed E-state index contributed by atoms with van der Waals surface area (Å²) in [5, 5.41) is 13.6. The highest BCUT2D eigenvalue weighted by Gasteiger charge is 2.14. The number of anilines is 2. The Morgan fingerprint density at radius 2 is 2.04 bits per heavy atom. The van der Waals surface area contributed by atoms with Gasteiger partial charge in [-0.15, -0.1) is 0 Å². The van der Waals surface area contributed by atoms with Crippen LogP contribution in [0.15, 0.2) is 47.5 Å². The number of aromatic hydroxyl groups is 1. The molecule has 0 fully saturated rings. The molecular weight excluding hydrogens is 361 g/mol. The number of rotatable bonds is 3. The molecule has 0 unspecified atom stereocenters. The lowest BCUT2D eigenvalue weighted by Crippen LogP contribution is -1.89. The van der Waals surface area contributed by atoms with Crippen LogP contribution < -0.4 is 5.32 Å². The van der Waals surface area contributed by atoms with Crippen LogP contribution in [-0.4, -0.2) is 16.3 Å². The zero-order valence-corrected chi connectivity index (χ0v) is 14.3. The van der Waals surface area contributed by atoms with Gasteiger partial charge in [-0.1, -0.05) is 41.1 Å². The van der Waals surface area contributed by atoms with Crippen molar-refractivity contribution < 1.29 is 9.50 Å². The molecule has 1 aromatic heterocycles. The van der Waals surface area contributed by atoms with Gasteiger partial charge in [0.05, 0.1) is 15.6 Å². The average Bonchev–Trinajstić information content (AvgIpc) is 3.16. The van der Waals surface area contributed by atoms with Crippen LogP contribution in [0.4, 0.5) is 20.9 Å². The summed E-state index contributed by atoms with van der Waals surface area (Å²) < 4.78 is 13.2. The number of benzene rings is 2. The molecule has 0 aliphatic carbocycles. The Balaban J connectivity index is 1.62. The normalized spacial score (nSPS) is 14.1. The fraction of sp³-hybridized carbons (Fsp3) is 0. The van der Waals surface area contributed by atoms with Crippen molar-refractivity contribution in [1.82, 2.24) is 4.98 Å². The Hall–Kier alpha value is -2.70. The number of nitrogens with one attached hydrogen (secondary N) is 1. The zero-order chi connectivity index (χ0) is 17.4. The van der Waals surface area contributed by atoms with E-state index in [4.69, 9.17) is 11.6 Å². The molecule has 0 atom stereocenters. The molecule has 3 aromatic rings. The Morgan fingerprint density at radius 1 is 1.20 bits per heavy atom. The van der Waals surface area contributed by atoms with Crippen molar-refractivity contribution in [3.05, 3.63) is 63.7 Å². The number of hydrogen-bond donors (Lipinski definition) is 2. The van der Waals surface area contributed by atoms with Gasteiger partial charge in [-0.05, 0) is 30.3 Å². The minimum atomic E-state index is -0.487. The molecule has 4 rings (SSSR count). The van der Waals surface area contributed by atoms with Crippen molar-refractivity contribution >= 4 is 57.3 Å². The largest absolute Gasteiger partial charge is 0.492 e. The predicted molar refractivity (Wildman–Crippen MR) is 101 cm³/mol. The number of halogens is 2. The highest BCUT2D eigenvalue weighted by atomic mass is 35.5. The Kier molecular flexibility index (Phi) is 3.99. The van der Waals surface area contributed by atoms with E-state index in [1.807, 2.05) is 30.3 Å². The Bertz CT molecular complexity index is 1030. The van der Waals surface area contributed by atoms with Crippen molar-refractivity contribution in [1.29, 1.82) is 0 Å². The standard InChI is InChI=1S/C18H11ClFN3OS/c19-13-8-11(5-6-14(13)20)22-18-23-17(24)16(25-18)7-10-9-21-15-4-2-1-3-12(10)15/h1-9,24H,(H,22,23)/b10-7+. The van der Waals surface area contributed by atoms with E-state index in [9.17, 15) is 9.50 Å². The van der Waals surface area contributed by atoms with E-state index in [1.54, 1.807) is 12.3 Å². The number of aliphatic imine (C=N–C) groups is 1. The maximum absolute atomic E-state index is 13.2. The first kappa shape index (κ1) is 15.8. The van der Waals surface area contributed by atoms with Crippen LogP contribution >= 0.6 is 22.9 Å². The van der Waals surface area contributed by atoms with Gasteiger partial charge in [0.15, 0.2) is 5.13 Å². The Labute approximate surface area is 152 Å². The van der Waals surface area contributed by atoms with Gasteiger partial charge in [0.1, 0.15) is 5.82 Å². The molecule has 7 heteroatoms. The molecule has 4 nitrogen and oxygen atoms in total. The second-order valence-corrected chi connectivity index (χ2v) is 6.77. The summed E-state index contributed by atoms with van der Waals surface area (Å²) in [6.45, 7) is 0. The zero-order valence-electron chi connectivity index (χ0n) is 12.7. The molecule has 2 aromatic carbocycles.